The minimum atomic E-state index is 0.959. The third-order valence-corrected chi connectivity index (χ3v) is 2.63. The average molecular weight is 221 g/mol. The van der Waals surface area contributed by atoms with Crippen molar-refractivity contribution in [3.05, 3.63) is 72.0 Å². The number of allylic oxidation sites excluding steroid dienone is 2. The molecule has 1 aliphatic rings. The van der Waals surface area contributed by atoms with Crippen LogP contribution in [0.5, 0.6) is 0 Å². The molecule has 3 heteroatoms. The summed E-state index contributed by atoms with van der Waals surface area (Å²) in [6, 6.07) is 7.99. The number of aromatic nitrogens is 2. The maximum absolute atomic E-state index is 4.36. The molecule has 0 aliphatic carbocycles. The summed E-state index contributed by atoms with van der Waals surface area (Å²) in [5, 5.41) is 0. The smallest absolute Gasteiger partial charge is 0.0730 e. The SMILES string of the molecule is C1=C/C(=C(/c2cccnc2)c2ccc[nH]2)N=C1. The van der Waals surface area contributed by atoms with Crippen LogP contribution in [0, 0.1) is 0 Å². The van der Waals surface area contributed by atoms with Gasteiger partial charge in [0, 0.05) is 41.6 Å². The van der Waals surface area contributed by atoms with Crippen LogP contribution in [0.15, 0.2) is 65.7 Å². The molecule has 17 heavy (non-hydrogen) atoms. The van der Waals surface area contributed by atoms with E-state index in [-0.39, 0.29) is 0 Å². The highest BCUT2D eigenvalue weighted by molar-refractivity contribution is 5.87. The van der Waals surface area contributed by atoms with Gasteiger partial charge >= 0.3 is 0 Å². The number of H-pyrrole nitrogens is 1. The van der Waals surface area contributed by atoms with E-state index in [2.05, 4.69) is 15.0 Å². The van der Waals surface area contributed by atoms with Gasteiger partial charge in [0.05, 0.1) is 5.70 Å². The zero-order valence-electron chi connectivity index (χ0n) is 9.17. The third kappa shape index (κ3) is 1.83. The van der Waals surface area contributed by atoms with E-state index in [0.717, 1.165) is 22.5 Å². The fraction of sp³-hybridized carbons (Fsp3) is 0. The van der Waals surface area contributed by atoms with Crippen LogP contribution >= 0.6 is 0 Å². The molecule has 3 heterocycles. The summed E-state index contributed by atoms with van der Waals surface area (Å²) in [6.45, 7) is 0. The maximum Gasteiger partial charge on any atom is 0.0730 e. The van der Waals surface area contributed by atoms with Gasteiger partial charge in [0.25, 0.3) is 0 Å². The molecule has 82 valence electrons. The van der Waals surface area contributed by atoms with Gasteiger partial charge in [-0.1, -0.05) is 6.07 Å². The number of pyridine rings is 1. The summed E-state index contributed by atoms with van der Waals surface area (Å²) >= 11 is 0. The van der Waals surface area contributed by atoms with Crippen LogP contribution < -0.4 is 0 Å². The molecule has 2 aromatic heterocycles. The fourth-order valence-corrected chi connectivity index (χ4v) is 1.89. The standard InChI is InChI=1S/C14H11N3/c1-4-11(10-15-7-1)14(12-5-2-8-16-12)13-6-3-9-17-13/h1-10,16H/b14-13+. The van der Waals surface area contributed by atoms with Crippen LogP contribution in [-0.4, -0.2) is 16.2 Å². The highest BCUT2D eigenvalue weighted by atomic mass is 14.8. The second kappa shape index (κ2) is 4.22. The summed E-state index contributed by atoms with van der Waals surface area (Å²) in [7, 11) is 0. The predicted octanol–water partition coefficient (Wildman–Crippen LogP) is 2.81. The van der Waals surface area contributed by atoms with E-state index in [0.29, 0.717) is 0 Å². The fourth-order valence-electron chi connectivity index (χ4n) is 1.89. The number of nitrogens with one attached hydrogen (secondary N) is 1. The van der Waals surface area contributed by atoms with E-state index >= 15 is 0 Å². The molecule has 3 rings (SSSR count). The minimum Gasteiger partial charge on any atom is -0.361 e. The van der Waals surface area contributed by atoms with Gasteiger partial charge < -0.3 is 4.98 Å². The van der Waals surface area contributed by atoms with Crippen LogP contribution in [0.4, 0.5) is 0 Å². The van der Waals surface area contributed by atoms with Crippen LogP contribution in [0.25, 0.3) is 5.57 Å². The Hall–Kier alpha value is -2.42. The molecule has 0 unspecified atom stereocenters. The van der Waals surface area contributed by atoms with Gasteiger partial charge in [0.1, 0.15) is 0 Å². The Morgan fingerprint density at radius 2 is 2.18 bits per heavy atom. The second-order valence-electron chi connectivity index (χ2n) is 3.72. The van der Waals surface area contributed by atoms with Crippen molar-refractivity contribution in [2.45, 2.75) is 0 Å². The molecule has 0 spiro atoms. The Morgan fingerprint density at radius 3 is 2.82 bits per heavy atom. The monoisotopic (exact) mass is 221 g/mol. The molecule has 0 aromatic carbocycles. The lowest BCUT2D eigenvalue weighted by Gasteiger charge is -2.07. The number of nitrogens with zero attached hydrogens (tertiary/aromatic N) is 2. The summed E-state index contributed by atoms with van der Waals surface area (Å²) in [6.07, 6.45) is 11.3. The van der Waals surface area contributed by atoms with E-state index in [4.69, 9.17) is 0 Å². The van der Waals surface area contributed by atoms with Crippen molar-refractivity contribution >= 4 is 11.8 Å². The van der Waals surface area contributed by atoms with E-state index in [9.17, 15) is 0 Å². The van der Waals surface area contributed by atoms with Gasteiger partial charge in [-0.25, -0.2) is 0 Å². The van der Waals surface area contributed by atoms with Crippen molar-refractivity contribution in [2.24, 2.45) is 4.99 Å². The van der Waals surface area contributed by atoms with Crippen LogP contribution in [0.2, 0.25) is 0 Å². The Labute approximate surface area is 99.3 Å². The van der Waals surface area contributed by atoms with Gasteiger partial charge in [-0.2, -0.15) is 0 Å². The summed E-state index contributed by atoms with van der Waals surface area (Å²) in [5.74, 6) is 0. The van der Waals surface area contributed by atoms with Crippen molar-refractivity contribution in [1.82, 2.24) is 9.97 Å². The number of aromatic amines is 1. The number of aliphatic imine (C=N–C) groups is 1. The first kappa shape index (κ1) is 9.78. The zero-order valence-corrected chi connectivity index (χ0v) is 9.17. The van der Waals surface area contributed by atoms with Gasteiger partial charge in [0.2, 0.25) is 0 Å². The molecule has 0 saturated carbocycles. The Balaban J connectivity index is 2.20. The molecular formula is C14H11N3. The van der Waals surface area contributed by atoms with Crippen molar-refractivity contribution < 1.29 is 0 Å². The molecule has 2 aromatic rings. The molecule has 0 radical (unpaired) electrons. The Kier molecular flexibility index (Phi) is 2.43. The first-order chi connectivity index (χ1) is 8.45. The minimum absolute atomic E-state index is 0.959. The summed E-state index contributed by atoms with van der Waals surface area (Å²) < 4.78 is 0. The van der Waals surface area contributed by atoms with E-state index in [1.54, 1.807) is 12.4 Å². The molecule has 1 aliphatic heterocycles. The van der Waals surface area contributed by atoms with Crippen molar-refractivity contribution in [2.75, 3.05) is 0 Å². The zero-order chi connectivity index (χ0) is 11.5. The lowest BCUT2D eigenvalue weighted by Crippen LogP contribution is -1.92. The predicted molar refractivity (Wildman–Crippen MR) is 68.7 cm³/mol. The molecule has 0 fully saturated rings. The van der Waals surface area contributed by atoms with Gasteiger partial charge in [-0.05, 0) is 30.4 Å². The quantitative estimate of drug-likeness (QED) is 0.832. The van der Waals surface area contributed by atoms with E-state index < -0.39 is 0 Å². The second-order valence-corrected chi connectivity index (χ2v) is 3.72. The van der Waals surface area contributed by atoms with Crippen molar-refractivity contribution in [3.63, 3.8) is 0 Å². The van der Waals surface area contributed by atoms with Crippen LogP contribution in [-0.2, 0) is 0 Å². The maximum atomic E-state index is 4.36. The first-order valence-electron chi connectivity index (χ1n) is 5.44. The highest BCUT2D eigenvalue weighted by Crippen LogP contribution is 2.27. The van der Waals surface area contributed by atoms with Gasteiger partial charge in [-0.3, -0.25) is 9.98 Å². The Bertz CT molecular complexity index is 576. The molecule has 0 saturated heterocycles. The normalized spacial score (nSPS) is 16.5. The largest absolute Gasteiger partial charge is 0.361 e. The topological polar surface area (TPSA) is 41.0 Å². The number of rotatable bonds is 2. The van der Waals surface area contributed by atoms with Gasteiger partial charge in [-0.15, -0.1) is 0 Å². The molecule has 0 atom stereocenters. The van der Waals surface area contributed by atoms with E-state index in [1.165, 1.54) is 0 Å². The molecular weight excluding hydrogens is 210 g/mol. The molecule has 3 nitrogen and oxygen atoms in total. The summed E-state index contributed by atoms with van der Waals surface area (Å²) in [5.41, 5.74) is 4.15. The van der Waals surface area contributed by atoms with Crippen LogP contribution in [0.1, 0.15) is 11.3 Å². The van der Waals surface area contributed by atoms with Crippen LogP contribution in [0.3, 0.4) is 0 Å². The number of hydrogen-bond acceptors (Lipinski definition) is 2. The summed E-state index contributed by atoms with van der Waals surface area (Å²) in [4.78, 5) is 11.7. The molecule has 0 amide bonds. The van der Waals surface area contributed by atoms with Crippen molar-refractivity contribution in [1.29, 1.82) is 0 Å². The number of hydrogen-bond donors (Lipinski definition) is 1. The molecule has 1 N–H and O–H groups in total. The Morgan fingerprint density at radius 1 is 1.18 bits per heavy atom. The highest BCUT2D eigenvalue weighted by Gasteiger charge is 2.11. The lowest BCUT2D eigenvalue weighted by atomic mass is 10.0. The first-order valence-corrected chi connectivity index (χ1v) is 5.44. The van der Waals surface area contributed by atoms with E-state index in [1.807, 2.05) is 48.8 Å². The lowest BCUT2D eigenvalue weighted by molar-refractivity contribution is 1.27. The van der Waals surface area contributed by atoms with Gasteiger partial charge in [0.15, 0.2) is 0 Å². The van der Waals surface area contributed by atoms with Crippen molar-refractivity contribution in [3.8, 4) is 0 Å². The molecule has 0 bridgehead atoms. The average Bonchev–Trinajstić information content (AvgIpc) is 3.04. The third-order valence-electron chi connectivity index (χ3n) is 2.63.